The van der Waals surface area contributed by atoms with Crippen LogP contribution in [0.15, 0.2) is 24.3 Å². The van der Waals surface area contributed by atoms with E-state index in [4.69, 9.17) is 10.5 Å². The van der Waals surface area contributed by atoms with Crippen molar-refractivity contribution in [3.63, 3.8) is 0 Å². The number of amides is 1. The Bertz CT molecular complexity index is 655. The van der Waals surface area contributed by atoms with Crippen LogP contribution in [-0.2, 0) is 12.8 Å². The van der Waals surface area contributed by atoms with Gasteiger partial charge in [-0.25, -0.2) is 0 Å². The summed E-state index contributed by atoms with van der Waals surface area (Å²) in [6.07, 6.45) is 4.62. The molecule has 0 saturated heterocycles. The molecule has 1 aromatic carbocycles. The number of nitrogens with two attached hydrogens (primary N) is 1. The third-order valence-corrected chi connectivity index (χ3v) is 4.93. The molecule has 0 atom stereocenters. The number of rotatable bonds is 3. The molecule has 0 spiro atoms. The molecular formula is C16H18N2O2S. The monoisotopic (exact) mass is 302 g/mol. The molecule has 1 aliphatic rings. The first kappa shape index (κ1) is 13.9. The van der Waals surface area contributed by atoms with E-state index in [0.717, 1.165) is 17.7 Å². The number of nitrogen functional groups attached to an aromatic ring is 1. The van der Waals surface area contributed by atoms with Crippen LogP contribution < -0.4 is 15.8 Å². The maximum absolute atomic E-state index is 12.4. The molecule has 0 unspecified atom stereocenters. The van der Waals surface area contributed by atoms with E-state index in [2.05, 4.69) is 5.32 Å². The van der Waals surface area contributed by atoms with Crippen molar-refractivity contribution in [1.82, 2.24) is 0 Å². The zero-order valence-corrected chi connectivity index (χ0v) is 12.8. The van der Waals surface area contributed by atoms with Crippen LogP contribution in [0, 0.1) is 0 Å². The van der Waals surface area contributed by atoms with Crippen LogP contribution in [-0.4, -0.2) is 13.0 Å². The molecule has 3 N–H and O–H groups in total. The Morgan fingerprint density at radius 2 is 2.10 bits per heavy atom. The van der Waals surface area contributed by atoms with Crippen molar-refractivity contribution >= 4 is 28.6 Å². The molecule has 0 bridgehead atoms. The Labute approximate surface area is 127 Å². The maximum Gasteiger partial charge on any atom is 0.265 e. The number of fused-ring (bicyclic) bond motifs is 1. The Balaban J connectivity index is 1.81. The highest BCUT2D eigenvalue weighted by Gasteiger charge is 2.18. The summed E-state index contributed by atoms with van der Waals surface area (Å²) >= 11 is 1.60. The number of hydrogen-bond donors (Lipinski definition) is 2. The topological polar surface area (TPSA) is 64.3 Å². The molecule has 1 aliphatic carbocycles. The van der Waals surface area contributed by atoms with Gasteiger partial charge < -0.3 is 15.8 Å². The number of anilines is 2. The number of carbonyl (C=O) groups is 1. The van der Waals surface area contributed by atoms with Gasteiger partial charge in [-0.15, -0.1) is 11.3 Å². The number of thiophene rings is 1. The summed E-state index contributed by atoms with van der Waals surface area (Å²) in [6, 6.07) is 7.24. The summed E-state index contributed by atoms with van der Waals surface area (Å²) < 4.78 is 5.25. The lowest BCUT2D eigenvalue weighted by atomic mass is 9.99. The summed E-state index contributed by atoms with van der Waals surface area (Å²) in [7, 11) is 1.56. The van der Waals surface area contributed by atoms with E-state index in [0.29, 0.717) is 17.1 Å². The largest absolute Gasteiger partial charge is 0.494 e. The Hall–Kier alpha value is -2.01. The van der Waals surface area contributed by atoms with E-state index in [1.807, 2.05) is 6.07 Å². The van der Waals surface area contributed by atoms with Gasteiger partial charge >= 0.3 is 0 Å². The summed E-state index contributed by atoms with van der Waals surface area (Å²) in [5, 5.41) is 2.91. The molecular weight excluding hydrogens is 284 g/mol. The number of benzene rings is 1. The quantitative estimate of drug-likeness (QED) is 0.853. The maximum atomic E-state index is 12.4. The number of carbonyl (C=O) groups excluding carboxylic acids is 1. The van der Waals surface area contributed by atoms with Crippen LogP contribution >= 0.6 is 11.3 Å². The molecule has 5 heteroatoms. The fourth-order valence-electron chi connectivity index (χ4n) is 2.60. The molecule has 110 valence electrons. The SMILES string of the molecule is COc1cc(N)ccc1NC(=O)c1cc2c(s1)CCCC2. The predicted octanol–water partition coefficient (Wildman–Crippen LogP) is 3.47. The molecule has 0 saturated carbocycles. The van der Waals surface area contributed by atoms with Crippen molar-refractivity contribution in [3.8, 4) is 5.75 Å². The molecule has 21 heavy (non-hydrogen) atoms. The summed E-state index contributed by atoms with van der Waals surface area (Å²) in [5.74, 6) is 0.488. The van der Waals surface area contributed by atoms with E-state index in [1.54, 1.807) is 36.6 Å². The lowest BCUT2D eigenvalue weighted by Crippen LogP contribution is -2.11. The van der Waals surface area contributed by atoms with Gasteiger partial charge in [0.15, 0.2) is 0 Å². The minimum absolute atomic E-state index is 0.0857. The Kier molecular flexibility index (Phi) is 3.84. The standard InChI is InChI=1S/C16H18N2O2S/c1-20-13-9-11(17)6-7-12(13)18-16(19)15-8-10-4-2-3-5-14(10)21-15/h6-9H,2-5,17H2,1H3,(H,18,19). The van der Waals surface area contributed by atoms with Gasteiger partial charge in [-0.1, -0.05) is 0 Å². The second kappa shape index (κ2) is 5.77. The van der Waals surface area contributed by atoms with Gasteiger partial charge in [0.1, 0.15) is 5.75 Å². The third-order valence-electron chi connectivity index (χ3n) is 3.69. The molecule has 3 rings (SSSR count). The van der Waals surface area contributed by atoms with Crippen molar-refractivity contribution in [2.75, 3.05) is 18.2 Å². The van der Waals surface area contributed by atoms with Crippen LogP contribution in [0.2, 0.25) is 0 Å². The average molecular weight is 302 g/mol. The number of hydrogen-bond acceptors (Lipinski definition) is 4. The zero-order valence-electron chi connectivity index (χ0n) is 11.9. The van der Waals surface area contributed by atoms with Crippen molar-refractivity contribution < 1.29 is 9.53 Å². The van der Waals surface area contributed by atoms with Crippen molar-refractivity contribution in [2.24, 2.45) is 0 Å². The van der Waals surface area contributed by atoms with Crippen LogP contribution in [0.25, 0.3) is 0 Å². The van der Waals surface area contributed by atoms with Crippen LogP contribution in [0.4, 0.5) is 11.4 Å². The molecule has 1 heterocycles. The zero-order chi connectivity index (χ0) is 14.8. The smallest absolute Gasteiger partial charge is 0.265 e. The van der Waals surface area contributed by atoms with Gasteiger partial charge in [-0.2, -0.15) is 0 Å². The first-order valence-corrected chi connectivity index (χ1v) is 7.85. The van der Waals surface area contributed by atoms with Crippen molar-refractivity contribution in [1.29, 1.82) is 0 Å². The highest BCUT2D eigenvalue weighted by molar-refractivity contribution is 7.14. The van der Waals surface area contributed by atoms with E-state index in [-0.39, 0.29) is 5.91 Å². The lowest BCUT2D eigenvalue weighted by molar-refractivity contribution is 0.103. The molecule has 1 amide bonds. The van der Waals surface area contributed by atoms with Gasteiger partial charge in [0.25, 0.3) is 5.91 Å². The van der Waals surface area contributed by atoms with Crippen molar-refractivity contribution in [2.45, 2.75) is 25.7 Å². The van der Waals surface area contributed by atoms with Crippen LogP contribution in [0.3, 0.4) is 0 Å². The fraction of sp³-hybridized carbons (Fsp3) is 0.312. The highest BCUT2D eigenvalue weighted by atomic mass is 32.1. The molecule has 2 aromatic rings. The fourth-order valence-corrected chi connectivity index (χ4v) is 3.75. The van der Waals surface area contributed by atoms with E-state index in [9.17, 15) is 4.79 Å². The first-order chi connectivity index (χ1) is 10.2. The third kappa shape index (κ3) is 2.88. The van der Waals surface area contributed by atoms with E-state index >= 15 is 0 Å². The van der Waals surface area contributed by atoms with Crippen LogP contribution in [0.5, 0.6) is 5.75 Å². The normalized spacial score (nSPS) is 13.6. The Morgan fingerprint density at radius 1 is 1.29 bits per heavy atom. The van der Waals surface area contributed by atoms with Gasteiger partial charge in [-0.3, -0.25) is 4.79 Å². The summed E-state index contributed by atoms with van der Waals surface area (Å²) in [6.45, 7) is 0. The van der Waals surface area contributed by atoms with Gasteiger partial charge in [0, 0.05) is 16.6 Å². The van der Waals surface area contributed by atoms with Gasteiger partial charge in [-0.05, 0) is 49.4 Å². The van der Waals surface area contributed by atoms with E-state index in [1.165, 1.54) is 23.3 Å². The van der Waals surface area contributed by atoms with E-state index < -0.39 is 0 Å². The predicted molar refractivity (Wildman–Crippen MR) is 86.3 cm³/mol. The second-order valence-electron chi connectivity index (χ2n) is 5.18. The number of aryl methyl sites for hydroxylation is 2. The minimum atomic E-state index is -0.0857. The molecule has 0 fully saturated rings. The first-order valence-electron chi connectivity index (χ1n) is 7.04. The summed E-state index contributed by atoms with van der Waals surface area (Å²) in [4.78, 5) is 14.5. The number of methoxy groups -OCH3 is 1. The van der Waals surface area contributed by atoms with Crippen molar-refractivity contribution in [3.05, 3.63) is 39.6 Å². The minimum Gasteiger partial charge on any atom is -0.494 e. The highest BCUT2D eigenvalue weighted by Crippen LogP contribution is 2.31. The average Bonchev–Trinajstić information content (AvgIpc) is 2.93. The number of nitrogens with one attached hydrogen (secondary N) is 1. The van der Waals surface area contributed by atoms with Gasteiger partial charge in [0.2, 0.25) is 0 Å². The molecule has 0 radical (unpaired) electrons. The summed E-state index contributed by atoms with van der Waals surface area (Å²) in [5.41, 5.74) is 8.30. The van der Waals surface area contributed by atoms with Gasteiger partial charge in [0.05, 0.1) is 17.7 Å². The Morgan fingerprint density at radius 3 is 2.86 bits per heavy atom. The number of ether oxygens (including phenoxy) is 1. The molecule has 1 aromatic heterocycles. The van der Waals surface area contributed by atoms with Crippen LogP contribution in [0.1, 0.15) is 33.0 Å². The molecule has 0 aliphatic heterocycles. The lowest BCUT2D eigenvalue weighted by Gasteiger charge is -2.10. The second-order valence-corrected chi connectivity index (χ2v) is 6.32. The molecule has 4 nitrogen and oxygen atoms in total.